The molecule has 102 valence electrons. The molecule has 1 unspecified atom stereocenters. The molecule has 1 aromatic heterocycles. The van der Waals surface area contributed by atoms with Gasteiger partial charge in [-0.05, 0) is 27.0 Å². The lowest BCUT2D eigenvalue weighted by molar-refractivity contribution is 0.240. The molecule has 0 bridgehead atoms. The smallest absolute Gasteiger partial charge is 0.122 e. The summed E-state index contributed by atoms with van der Waals surface area (Å²) < 4.78 is 2.01. The predicted octanol–water partition coefficient (Wildman–Crippen LogP) is 2.63. The summed E-state index contributed by atoms with van der Waals surface area (Å²) in [6.45, 7) is 4.88. The number of aromatic hydroxyl groups is 1. The molecule has 0 aliphatic heterocycles. The summed E-state index contributed by atoms with van der Waals surface area (Å²) in [5.41, 5.74) is 2.11. The summed E-state index contributed by atoms with van der Waals surface area (Å²) in [5, 5.41) is 9.99. The first-order valence-corrected chi connectivity index (χ1v) is 6.45. The van der Waals surface area contributed by atoms with Crippen LogP contribution in [0.15, 0.2) is 30.6 Å². The van der Waals surface area contributed by atoms with E-state index in [1.165, 1.54) is 0 Å². The van der Waals surface area contributed by atoms with Crippen molar-refractivity contribution in [1.29, 1.82) is 0 Å². The first-order chi connectivity index (χ1) is 8.99. The van der Waals surface area contributed by atoms with Crippen molar-refractivity contribution < 1.29 is 5.11 Å². The van der Waals surface area contributed by atoms with Gasteiger partial charge in [0.25, 0.3) is 0 Å². The molecule has 1 heterocycles. The zero-order valence-corrected chi connectivity index (χ0v) is 12.0. The topological polar surface area (TPSA) is 41.3 Å². The van der Waals surface area contributed by atoms with Gasteiger partial charge in [-0.2, -0.15) is 0 Å². The number of phenols is 1. The Morgan fingerprint density at radius 3 is 2.79 bits per heavy atom. The second-order valence-corrected chi connectivity index (χ2v) is 5.11. The van der Waals surface area contributed by atoms with Gasteiger partial charge in [-0.1, -0.05) is 17.7 Å². The molecule has 0 aliphatic carbocycles. The maximum atomic E-state index is 9.99. The van der Waals surface area contributed by atoms with Crippen molar-refractivity contribution in [2.24, 2.45) is 7.05 Å². The summed E-state index contributed by atoms with van der Waals surface area (Å²) in [6, 6.07) is 5.85. The van der Waals surface area contributed by atoms with Gasteiger partial charge >= 0.3 is 0 Å². The van der Waals surface area contributed by atoms with Crippen LogP contribution in [0.1, 0.15) is 29.9 Å². The Morgan fingerprint density at radius 2 is 2.16 bits per heavy atom. The number of rotatable bonds is 4. The molecule has 4 heteroatoms. The number of hydrogen-bond donors (Lipinski definition) is 1. The van der Waals surface area contributed by atoms with Gasteiger partial charge in [0.1, 0.15) is 11.6 Å². The molecule has 2 aromatic rings. The van der Waals surface area contributed by atoms with Gasteiger partial charge in [0.15, 0.2) is 0 Å². The Hall–Kier alpha value is -1.81. The fraction of sp³-hybridized carbons (Fsp3) is 0.400. The quantitative estimate of drug-likeness (QED) is 0.917. The van der Waals surface area contributed by atoms with E-state index in [4.69, 9.17) is 0 Å². The normalized spacial score (nSPS) is 12.9. The average Bonchev–Trinajstić information content (AvgIpc) is 2.77. The second-order valence-electron chi connectivity index (χ2n) is 5.11. The maximum Gasteiger partial charge on any atom is 0.122 e. The van der Waals surface area contributed by atoms with Crippen LogP contribution >= 0.6 is 0 Å². The van der Waals surface area contributed by atoms with Crippen LogP contribution in [0.4, 0.5) is 0 Å². The molecule has 0 saturated heterocycles. The summed E-state index contributed by atoms with van der Waals surface area (Å²) in [5.74, 6) is 1.37. The molecule has 0 spiro atoms. The molecule has 4 nitrogen and oxygen atoms in total. The van der Waals surface area contributed by atoms with E-state index in [0.717, 1.165) is 23.5 Å². The summed E-state index contributed by atoms with van der Waals surface area (Å²) in [6.07, 6.45) is 3.75. The number of aryl methyl sites for hydroxylation is 2. The highest BCUT2D eigenvalue weighted by Crippen LogP contribution is 2.29. The lowest BCUT2D eigenvalue weighted by Crippen LogP contribution is -2.23. The maximum absolute atomic E-state index is 9.99. The van der Waals surface area contributed by atoms with Gasteiger partial charge < -0.3 is 9.67 Å². The molecule has 19 heavy (non-hydrogen) atoms. The molecule has 0 saturated carbocycles. The lowest BCUT2D eigenvalue weighted by atomic mass is 10.0. The number of nitrogens with zero attached hydrogens (tertiary/aromatic N) is 3. The standard InChI is InChI=1S/C15H21N3O/c1-11-5-6-14(19)13(9-11)12(2)18(4)10-15-16-7-8-17(15)3/h5-9,12,19H,10H2,1-4H3. The number of benzene rings is 1. The van der Waals surface area contributed by atoms with Crippen LogP contribution in [0, 0.1) is 6.92 Å². The minimum absolute atomic E-state index is 0.136. The molecule has 2 rings (SSSR count). The molecular formula is C15H21N3O. The van der Waals surface area contributed by atoms with Crippen LogP contribution < -0.4 is 0 Å². The van der Waals surface area contributed by atoms with Crippen LogP contribution in [-0.2, 0) is 13.6 Å². The van der Waals surface area contributed by atoms with Gasteiger partial charge in [0.2, 0.25) is 0 Å². The summed E-state index contributed by atoms with van der Waals surface area (Å²) >= 11 is 0. The fourth-order valence-electron chi connectivity index (χ4n) is 2.15. The molecule has 1 atom stereocenters. The van der Waals surface area contributed by atoms with Gasteiger partial charge in [-0.15, -0.1) is 0 Å². The third-order valence-electron chi connectivity index (χ3n) is 3.61. The van der Waals surface area contributed by atoms with Crippen LogP contribution in [0.25, 0.3) is 0 Å². The molecule has 1 aromatic carbocycles. The number of aromatic nitrogens is 2. The van der Waals surface area contributed by atoms with Gasteiger partial charge in [-0.3, -0.25) is 4.90 Å². The van der Waals surface area contributed by atoms with Crippen molar-refractivity contribution in [2.45, 2.75) is 26.4 Å². The molecule has 0 fully saturated rings. The van der Waals surface area contributed by atoms with E-state index >= 15 is 0 Å². The Kier molecular flexibility index (Phi) is 3.90. The second kappa shape index (κ2) is 5.45. The predicted molar refractivity (Wildman–Crippen MR) is 75.9 cm³/mol. The molecule has 0 aliphatic rings. The number of phenolic OH excluding ortho intramolecular Hbond substituents is 1. The molecular weight excluding hydrogens is 238 g/mol. The van der Waals surface area contributed by atoms with E-state index in [0.29, 0.717) is 5.75 Å². The average molecular weight is 259 g/mol. The Bertz CT molecular complexity index is 562. The minimum atomic E-state index is 0.136. The van der Waals surface area contributed by atoms with Gasteiger partial charge in [-0.25, -0.2) is 4.98 Å². The van der Waals surface area contributed by atoms with E-state index in [1.54, 1.807) is 12.3 Å². The molecule has 0 amide bonds. The Labute approximate surface area is 114 Å². The first kappa shape index (κ1) is 13.6. The van der Waals surface area contributed by atoms with E-state index in [9.17, 15) is 5.11 Å². The SMILES string of the molecule is Cc1ccc(O)c(C(C)N(C)Cc2nccn2C)c1. The Morgan fingerprint density at radius 1 is 1.42 bits per heavy atom. The van der Waals surface area contributed by atoms with E-state index in [2.05, 4.69) is 16.8 Å². The van der Waals surface area contributed by atoms with Crippen LogP contribution in [-0.4, -0.2) is 26.6 Å². The van der Waals surface area contributed by atoms with Crippen molar-refractivity contribution >= 4 is 0 Å². The third-order valence-corrected chi connectivity index (χ3v) is 3.61. The van der Waals surface area contributed by atoms with E-state index < -0.39 is 0 Å². The minimum Gasteiger partial charge on any atom is -0.508 e. The van der Waals surface area contributed by atoms with Gasteiger partial charge in [0.05, 0.1) is 6.54 Å². The highest BCUT2D eigenvalue weighted by atomic mass is 16.3. The van der Waals surface area contributed by atoms with Crippen LogP contribution in [0.3, 0.4) is 0 Å². The molecule has 0 radical (unpaired) electrons. The van der Waals surface area contributed by atoms with Crippen molar-refractivity contribution in [2.75, 3.05) is 7.05 Å². The highest BCUT2D eigenvalue weighted by molar-refractivity contribution is 5.37. The van der Waals surface area contributed by atoms with E-state index in [-0.39, 0.29) is 6.04 Å². The zero-order valence-electron chi connectivity index (χ0n) is 12.0. The zero-order chi connectivity index (χ0) is 14.0. The number of imidazole rings is 1. The van der Waals surface area contributed by atoms with Crippen LogP contribution in [0.2, 0.25) is 0 Å². The summed E-state index contributed by atoms with van der Waals surface area (Å²) in [4.78, 5) is 6.51. The highest BCUT2D eigenvalue weighted by Gasteiger charge is 2.17. The van der Waals surface area contributed by atoms with Crippen molar-refractivity contribution in [3.8, 4) is 5.75 Å². The fourth-order valence-corrected chi connectivity index (χ4v) is 2.15. The summed E-state index contributed by atoms with van der Waals surface area (Å²) in [7, 11) is 4.03. The van der Waals surface area contributed by atoms with Crippen molar-refractivity contribution in [3.63, 3.8) is 0 Å². The Balaban J connectivity index is 2.17. The van der Waals surface area contributed by atoms with Crippen LogP contribution in [0.5, 0.6) is 5.75 Å². The largest absolute Gasteiger partial charge is 0.508 e. The number of hydrogen-bond acceptors (Lipinski definition) is 3. The third kappa shape index (κ3) is 2.96. The lowest BCUT2D eigenvalue weighted by Gasteiger charge is -2.25. The monoisotopic (exact) mass is 259 g/mol. The van der Waals surface area contributed by atoms with Crippen molar-refractivity contribution in [3.05, 3.63) is 47.5 Å². The van der Waals surface area contributed by atoms with Crippen molar-refractivity contribution in [1.82, 2.24) is 14.5 Å². The van der Waals surface area contributed by atoms with E-state index in [1.807, 2.05) is 43.9 Å². The first-order valence-electron chi connectivity index (χ1n) is 6.45. The molecule has 1 N–H and O–H groups in total. The van der Waals surface area contributed by atoms with Gasteiger partial charge in [0, 0.05) is 31.0 Å².